The molecule has 4 rings (SSSR count). The smallest absolute Gasteiger partial charge is 0.325 e. The largest absolute Gasteiger partial charge is 0.490 e. The number of nitrogens with one attached hydrogen (secondary N) is 1. The first-order valence-corrected chi connectivity index (χ1v) is 9.82. The van der Waals surface area contributed by atoms with Gasteiger partial charge in [0.05, 0.1) is 25.9 Å². The van der Waals surface area contributed by atoms with Crippen LogP contribution < -0.4 is 14.8 Å². The van der Waals surface area contributed by atoms with E-state index in [0.29, 0.717) is 50.0 Å². The fourth-order valence-corrected chi connectivity index (χ4v) is 3.79. The zero-order valence-corrected chi connectivity index (χ0v) is 16.6. The molecule has 0 radical (unpaired) electrons. The summed E-state index contributed by atoms with van der Waals surface area (Å²) < 4.78 is 16.8. The van der Waals surface area contributed by atoms with Gasteiger partial charge in [0, 0.05) is 19.5 Å². The maximum Gasteiger partial charge on any atom is 0.325 e. The highest BCUT2D eigenvalue weighted by molar-refractivity contribution is 6.09. The lowest BCUT2D eigenvalue weighted by molar-refractivity contribution is -0.143. The van der Waals surface area contributed by atoms with Gasteiger partial charge in [0.1, 0.15) is 12.1 Å². The molecule has 0 aliphatic carbocycles. The van der Waals surface area contributed by atoms with Crippen LogP contribution in [0.15, 0.2) is 18.2 Å². The number of fused-ring (bicyclic) bond motifs is 1. The molecule has 9 heteroatoms. The minimum atomic E-state index is -1.28. The number of hydrogen-bond acceptors (Lipinski definition) is 6. The lowest BCUT2D eigenvalue weighted by Gasteiger charge is -2.32. The van der Waals surface area contributed by atoms with Crippen LogP contribution in [0.5, 0.6) is 11.5 Å². The van der Waals surface area contributed by atoms with Gasteiger partial charge in [0.2, 0.25) is 5.91 Å². The third-order valence-corrected chi connectivity index (χ3v) is 5.49. The Morgan fingerprint density at radius 1 is 1.21 bits per heavy atom. The van der Waals surface area contributed by atoms with Gasteiger partial charge in [-0.2, -0.15) is 0 Å². The second-order valence-corrected chi connectivity index (χ2v) is 7.68. The highest BCUT2D eigenvalue weighted by Gasteiger charge is 2.50. The topological polar surface area (TPSA) is 97.4 Å². The molecule has 2 fully saturated rings. The van der Waals surface area contributed by atoms with Crippen molar-refractivity contribution < 1.29 is 28.6 Å². The summed E-state index contributed by atoms with van der Waals surface area (Å²) >= 11 is 0. The number of morpholine rings is 1. The van der Waals surface area contributed by atoms with Gasteiger partial charge in [-0.05, 0) is 31.5 Å². The maximum absolute atomic E-state index is 13.1. The predicted octanol–water partition coefficient (Wildman–Crippen LogP) is 0.862. The molecule has 0 saturated carbocycles. The molecule has 3 heterocycles. The first-order valence-electron chi connectivity index (χ1n) is 9.82. The summed E-state index contributed by atoms with van der Waals surface area (Å²) in [5, 5.41) is 2.73. The van der Waals surface area contributed by atoms with Gasteiger partial charge in [0.25, 0.3) is 5.91 Å². The second-order valence-electron chi connectivity index (χ2n) is 7.68. The molecule has 156 valence electrons. The van der Waals surface area contributed by atoms with Crippen molar-refractivity contribution in [2.45, 2.75) is 31.9 Å². The fourth-order valence-electron chi connectivity index (χ4n) is 3.79. The predicted molar refractivity (Wildman–Crippen MR) is 102 cm³/mol. The number of ether oxygens (including phenoxy) is 3. The zero-order chi connectivity index (χ0) is 20.6. The molecular formula is C20H25N3O6. The summed E-state index contributed by atoms with van der Waals surface area (Å²) in [6, 6.07) is 4.61. The maximum atomic E-state index is 13.1. The van der Waals surface area contributed by atoms with Crippen molar-refractivity contribution >= 4 is 17.8 Å². The van der Waals surface area contributed by atoms with Crippen molar-refractivity contribution in [1.29, 1.82) is 0 Å². The first-order chi connectivity index (χ1) is 13.9. The summed E-state index contributed by atoms with van der Waals surface area (Å²) in [5.74, 6) is 0.415. The fraction of sp³-hybridized carbons (Fsp3) is 0.550. The van der Waals surface area contributed by atoms with E-state index in [9.17, 15) is 14.4 Å². The van der Waals surface area contributed by atoms with E-state index < -0.39 is 17.5 Å². The first kappa shape index (κ1) is 19.5. The van der Waals surface area contributed by atoms with Crippen LogP contribution in [0.4, 0.5) is 4.79 Å². The molecule has 29 heavy (non-hydrogen) atoms. The number of rotatable bonds is 3. The summed E-state index contributed by atoms with van der Waals surface area (Å²) in [5.41, 5.74) is -0.699. The molecule has 3 aliphatic heterocycles. The molecule has 1 aromatic rings. The number of amides is 4. The van der Waals surface area contributed by atoms with E-state index in [0.717, 1.165) is 11.3 Å². The van der Waals surface area contributed by atoms with E-state index in [4.69, 9.17) is 14.2 Å². The summed E-state index contributed by atoms with van der Waals surface area (Å²) in [6.45, 7) is 5.65. The Kier molecular flexibility index (Phi) is 5.08. The van der Waals surface area contributed by atoms with Crippen molar-refractivity contribution in [3.63, 3.8) is 0 Å². The lowest BCUT2D eigenvalue weighted by Crippen LogP contribution is -2.49. The average molecular weight is 403 g/mol. The average Bonchev–Trinajstić information content (AvgIpc) is 2.86. The SMILES string of the molecule is CC1CN(C(=O)CN2C(=O)NC(C)(c3ccc4c(c3)OCCCO4)C2=O)CCO1. The Bertz CT molecular complexity index is 844. The number of carbonyl (C=O) groups is 3. The molecule has 4 amide bonds. The van der Waals surface area contributed by atoms with E-state index in [1.165, 1.54) is 0 Å². The molecule has 0 spiro atoms. The van der Waals surface area contributed by atoms with Gasteiger partial charge in [0.15, 0.2) is 11.5 Å². The normalized spacial score (nSPS) is 26.9. The number of nitrogens with zero attached hydrogens (tertiary/aromatic N) is 2. The van der Waals surface area contributed by atoms with Crippen LogP contribution in [0.25, 0.3) is 0 Å². The molecule has 2 saturated heterocycles. The van der Waals surface area contributed by atoms with Gasteiger partial charge >= 0.3 is 6.03 Å². The van der Waals surface area contributed by atoms with Crippen molar-refractivity contribution in [2.75, 3.05) is 39.5 Å². The number of hydrogen-bond donors (Lipinski definition) is 1. The third-order valence-electron chi connectivity index (χ3n) is 5.49. The Morgan fingerprint density at radius 2 is 1.97 bits per heavy atom. The van der Waals surface area contributed by atoms with Gasteiger partial charge in [-0.1, -0.05) is 6.07 Å². The van der Waals surface area contributed by atoms with E-state index in [1.54, 1.807) is 30.0 Å². The highest BCUT2D eigenvalue weighted by atomic mass is 16.5. The molecule has 2 unspecified atom stereocenters. The molecule has 0 aromatic heterocycles. The van der Waals surface area contributed by atoms with Crippen molar-refractivity contribution in [2.24, 2.45) is 0 Å². The third kappa shape index (κ3) is 3.62. The summed E-state index contributed by atoms with van der Waals surface area (Å²) in [6.07, 6.45) is 0.704. The minimum absolute atomic E-state index is 0.0668. The second kappa shape index (κ2) is 7.55. The standard InChI is InChI=1S/C20H25N3O6/c1-13-11-22(6-9-27-13)17(24)12-23-18(25)20(2,21-19(23)26)14-4-5-15-16(10-14)29-8-3-7-28-15/h4-5,10,13H,3,6-9,11-12H2,1-2H3,(H,21,26). The van der Waals surface area contributed by atoms with Crippen molar-refractivity contribution in [3.8, 4) is 11.5 Å². The van der Waals surface area contributed by atoms with E-state index in [-0.39, 0.29) is 18.6 Å². The molecule has 0 bridgehead atoms. The Labute approximate surface area is 168 Å². The monoisotopic (exact) mass is 403 g/mol. The van der Waals surface area contributed by atoms with E-state index in [2.05, 4.69) is 5.32 Å². The van der Waals surface area contributed by atoms with Crippen molar-refractivity contribution in [1.82, 2.24) is 15.1 Å². The number of imide groups is 1. The molecule has 1 aromatic carbocycles. The van der Waals surface area contributed by atoms with Gasteiger partial charge < -0.3 is 24.4 Å². The van der Waals surface area contributed by atoms with Crippen molar-refractivity contribution in [3.05, 3.63) is 23.8 Å². The summed E-state index contributed by atoms with van der Waals surface area (Å²) in [7, 11) is 0. The van der Waals surface area contributed by atoms with Gasteiger partial charge in [-0.25, -0.2) is 4.79 Å². The number of urea groups is 1. The summed E-state index contributed by atoms with van der Waals surface area (Å²) in [4.78, 5) is 40.9. The van der Waals surface area contributed by atoms with Crippen LogP contribution in [-0.4, -0.2) is 73.2 Å². The molecule has 2 atom stereocenters. The quantitative estimate of drug-likeness (QED) is 0.752. The van der Waals surface area contributed by atoms with Crippen LogP contribution in [0.2, 0.25) is 0 Å². The number of benzene rings is 1. The lowest BCUT2D eigenvalue weighted by atomic mass is 9.91. The molecular weight excluding hydrogens is 378 g/mol. The highest BCUT2D eigenvalue weighted by Crippen LogP contribution is 2.36. The zero-order valence-electron chi connectivity index (χ0n) is 16.6. The van der Waals surface area contributed by atoms with Crippen LogP contribution in [-0.2, 0) is 19.9 Å². The van der Waals surface area contributed by atoms with Gasteiger partial charge in [-0.15, -0.1) is 0 Å². The van der Waals surface area contributed by atoms with E-state index in [1.807, 2.05) is 6.92 Å². The molecule has 9 nitrogen and oxygen atoms in total. The Morgan fingerprint density at radius 3 is 2.72 bits per heavy atom. The number of carbonyl (C=O) groups excluding carboxylic acids is 3. The Balaban J connectivity index is 1.52. The minimum Gasteiger partial charge on any atom is -0.490 e. The van der Waals surface area contributed by atoms with Crippen LogP contribution >= 0.6 is 0 Å². The van der Waals surface area contributed by atoms with Crippen LogP contribution in [0.1, 0.15) is 25.8 Å². The molecule has 1 N–H and O–H groups in total. The van der Waals surface area contributed by atoms with Crippen LogP contribution in [0, 0.1) is 0 Å². The van der Waals surface area contributed by atoms with E-state index >= 15 is 0 Å². The van der Waals surface area contributed by atoms with Gasteiger partial charge in [-0.3, -0.25) is 14.5 Å². The Hall–Kier alpha value is -2.81. The molecule has 3 aliphatic rings. The van der Waals surface area contributed by atoms with Crippen LogP contribution in [0.3, 0.4) is 0 Å².